The van der Waals surface area contributed by atoms with E-state index in [4.69, 9.17) is 9.05 Å². The molecule has 2 nitrogen and oxygen atoms in total. The summed E-state index contributed by atoms with van der Waals surface area (Å²) in [6.45, 7) is 4.46. The zero-order chi connectivity index (χ0) is 13.7. The summed E-state index contributed by atoms with van der Waals surface area (Å²) in [5.74, 6) is 0.841. The highest BCUT2D eigenvalue weighted by Crippen LogP contribution is 2.32. The predicted octanol–water partition coefficient (Wildman–Crippen LogP) is 4.55. The molecule has 3 heteroatoms. The van der Waals surface area contributed by atoms with Crippen LogP contribution in [0.25, 0.3) is 0 Å². The quantitative estimate of drug-likeness (QED) is 0.745. The molecule has 0 aliphatic heterocycles. The molecule has 19 heavy (non-hydrogen) atoms. The molecule has 1 atom stereocenters. The Morgan fingerprint density at radius 3 is 2.00 bits per heavy atom. The fraction of sp³-hybridized carbons (Fsp3) is 0.250. The third-order valence-corrected chi connectivity index (χ3v) is 3.80. The van der Waals surface area contributed by atoms with Gasteiger partial charge in [0.15, 0.2) is 0 Å². The molecule has 0 bridgehead atoms. The van der Waals surface area contributed by atoms with Crippen LogP contribution in [0.2, 0.25) is 0 Å². The van der Waals surface area contributed by atoms with E-state index >= 15 is 0 Å². The van der Waals surface area contributed by atoms with Crippen LogP contribution in [0, 0.1) is 0 Å². The van der Waals surface area contributed by atoms with E-state index in [1.54, 1.807) is 7.11 Å². The summed E-state index contributed by atoms with van der Waals surface area (Å²) in [6, 6.07) is 18.7. The highest BCUT2D eigenvalue weighted by atomic mass is 31.1. The van der Waals surface area contributed by atoms with E-state index in [9.17, 15) is 0 Å². The lowest BCUT2D eigenvalue weighted by atomic mass is 9.78. The Kier molecular flexibility index (Phi) is 4.57. The highest BCUT2D eigenvalue weighted by molar-refractivity contribution is 7.26. The standard InChI is InChI=1S/C16H19O2P/c1-16(2,13-7-5-4-6-8-13)14-9-11-15(12-10-14)18-19-17-3/h4-12,19H,1-3H3. The Labute approximate surface area is 116 Å². The minimum atomic E-state index is -0.0106. The van der Waals surface area contributed by atoms with Crippen LogP contribution in [0.5, 0.6) is 5.75 Å². The minimum Gasteiger partial charge on any atom is -0.450 e. The lowest BCUT2D eigenvalue weighted by Crippen LogP contribution is -2.18. The molecule has 0 aliphatic carbocycles. The Bertz CT molecular complexity index is 506. The molecule has 0 spiro atoms. The molecule has 0 amide bonds. The van der Waals surface area contributed by atoms with Crippen molar-refractivity contribution in [2.24, 2.45) is 0 Å². The monoisotopic (exact) mass is 274 g/mol. The smallest absolute Gasteiger partial charge is 0.215 e. The van der Waals surface area contributed by atoms with Crippen LogP contribution in [-0.2, 0) is 9.94 Å². The van der Waals surface area contributed by atoms with Crippen LogP contribution in [0.4, 0.5) is 0 Å². The van der Waals surface area contributed by atoms with Gasteiger partial charge in [-0.1, -0.05) is 56.3 Å². The maximum Gasteiger partial charge on any atom is 0.215 e. The molecule has 0 fully saturated rings. The van der Waals surface area contributed by atoms with Crippen LogP contribution in [0.1, 0.15) is 25.0 Å². The second-order valence-electron chi connectivity index (χ2n) is 4.90. The van der Waals surface area contributed by atoms with Gasteiger partial charge in [0.1, 0.15) is 5.75 Å². The molecule has 0 heterocycles. The largest absolute Gasteiger partial charge is 0.450 e. The number of benzene rings is 2. The van der Waals surface area contributed by atoms with E-state index in [0.29, 0.717) is 0 Å². The molecule has 2 aromatic rings. The maximum absolute atomic E-state index is 5.43. The molecule has 100 valence electrons. The van der Waals surface area contributed by atoms with Crippen molar-refractivity contribution >= 4 is 9.03 Å². The van der Waals surface area contributed by atoms with Gasteiger partial charge in [-0.3, -0.25) is 0 Å². The van der Waals surface area contributed by atoms with Crippen molar-refractivity contribution in [1.82, 2.24) is 0 Å². The van der Waals surface area contributed by atoms with Crippen molar-refractivity contribution < 1.29 is 9.05 Å². The van der Waals surface area contributed by atoms with Crippen LogP contribution in [0.3, 0.4) is 0 Å². The van der Waals surface area contributed by atoms with Gasteiger partial charge < -0.3 is 9.05 Å². The van der Waals surface area contributed by atoms with Crippen LogP contribution in [-0.4, -0.2) is 7.11 Å². The van der Waals surface area contributed by atoms with Crippen molar-refractivity contribution in [3.63, 3.8) is 0 Å². The number of hydrogen-bond donors (Lipinski definition) is 0. The SMILES string of the molecule is COPOc1ccc(C(C)(C)c2ccccc2)cc1. The second kappa shape index (κ2) is 6.18. The first-order valence-electron chi connectivity index (χ1n) is 6.25. The van der Waals surface area contributed by atoms with Crippen molar-refractivity contribution in [2.75, 3.05) is 7.11 Å². The normalized spacial score (nSPS) is 11.9. The third-order valence-electron chi connectivity index (χ3n) is 3.31. The Morgan fingerprint density at radius 1 is 0.842 bits per heavy atom. The average molecular weight is 274 g/mol. The van der Waals surface area contributed by atoms with Gasteiger partial charge in [-0.2, -0.15) is 0 Å². The van der Waals surface area contributed by atoms with Crippen molar-refractivity contribution in [1.29, 1.82) is 0 Å². The molecule has 0 radical (unpaired) electrons. The molecule has 0 saturated heterocycles. The Morgan fingerprint density at radius 2 is 1.42 bits per heavy atom. The van der Waals surface area contributed by atoms with Gasteiger partial charge >= 0.3 is 0 Å². The third kappa shape index (κ3) is 3.34. The molecule has 0 saturated carbocycles. The van der Waals surface area contributed by atoms with Crippen LogP contribution >= 0.6 is 9.03 Å². The topological polar surface area (TPSA) is 18.5 Å². The highest BCUT2D eigenvalue weighted by Gasteiger charge is 2.22. The van der Waals surface area contributed by atoms with Gasteiger partial charge in [-0.05, 0) is 23.3 Å². The summed E-state index contributed by atoms with van der Waals surface area (Å²) in [4.78, 5) is 0. The van der Waals surface area contributed by atoms with E-state index in [-0.39, 0.29) is 14.4 Å². The van der Waals surface area contributed by atoms with Crippen molar-refractivity contribution in [3.8, 4) is 5.75 Å². The maximum atomic E-state index is 5.43. The van der Waals surface area contributed by atoms with Crippen molar-refractivity contribution in [2.45, 2.75) is 19.3 Å². The first-order valence-corrected chi connectivity index (χ1v) is 7.07. The van der Waals surface area contributed by atoms with E-state index in [1.165, 1.54) is 11.1 Å². The Balaban J connectivity index is 2.21. The number of hydrogen-bond acceptors (Lipinski definition) is 2. The summed E-state index contributed by atoms with van der Waals surface area (Å²) in [6.07, 6.45) is 0. The van der Waals surface area contributed by atoms with Gasteiger partial charge in [0, 0.05) is 12.5 Å². The molecular formula is C16H19O2P. The average Bonchev–Trinajstić information content (AvgIpc) is 2.46. The molecule has 0 N–H and O–H groups in total. The zero-order valence-electron chi connectivity index (χ0n) is 11.5. The van der Waals surface area contributed by atoms with Crippen molar-refractivity contribution in [3.05, 3.63) is 65.7 Å². The summed E-state index contributed by atoms with van der Waals surface area (Å²) < 4.78 is 10.4. The summed E-state index contributed by atoms with van der Waals surface area (Å²) in [7, 11) is 1.68. The molecule has 2 rings (SSSR count). The first kappa shape index (κ1) is 14.0. The van der Waals surface area contributed by atoms with Gasteiger partial charge in [-0.15, -0.1) is 0 Å². The van der Waals surface area contributed by atoms with Gasteiger partial charge in [-0.25, -0.2) is 0 Å². The lowest BCUT2D eigenvalue weighted by Gasteiger charge is -2.26. The fourth-order valence-electron chi connectivity index (χ4n) is 2.05. The van der Waals surface area contributed by atoms with Gasteiger partial charge in [0.05, 0.1) is 0 Å². The van der Waals surface area contributed by atoms with E-state index < -0.39 is 0 Å². The molecule has 0 aromatic heterocycles. The second-order valence-corrected chi connectivity index (χ2v) is 5.68. The molecular weight excluding hydrogens is 255 g/mol. The summed E-state index contributed by atoms with van der Waals surface area (Å²) in [5, 5.41) is 0. The number of rotatable bonds is 5. The first-order chi connectivity index (χ1) is 9.14. The van der Waals surface area contributed by atoms with Gasteiger partial charge in [0.25, 0.3) is 0 Å². The summed E-state index contributed by atoms with van der Waals surface area (Å²) in [5.41, 5.74) is 2.57. The molecule has 2 aromatic carbocycles. The Hall–Kier alpha value is -1.37. The van der Waals surface area contributed by atoms with Crippen LogP contribution < -0.4 is 4.52 Å². The predicted molar refractivity (Wildman–Crippen MR) is 81.0 cm³/mol. The van der Waals surface area contributed by atoms with E-state index in [1.807, 2.05) is 18.2 Å². The van der Waals surface area contributed by atoms with E-state index in [2.05, 4.69) is 50.2 Å². The zero-order valence-corrected chi connectivity index (χ0v) is 12.5. The lowest BCUT2D eigenvalue weighted by molar-refractivity contribution is 0.417. The molecule has 0 aliphatic rings. The summed E-state index contributed by atoms with van der Waals surface area (Å²) >= 11 is 0. The van der Waals surface area contributed by atoms with Crippen LogP contribution in [0.15, 0.2) is 54.6 Å². The fourth-order valence-corrected chi connectivity index (χ4v) is 2.37. The molecule has 1 unspecified atom stereocenters. The van der Waals surface area contributed by atoms with Gasteiger partial charge in [0.2, 0.25) is 9.03 Å². The van der Waals surface area contributed by atoms with E-state index in [0.717, 1.165) is 5.75 Å². The minimum absolute atomic E-state index is 0.0106.